The molecule has 5 heteroatoms. The maximum atomic E-state index is 4.14. The van der Waals surface area contributed by atoms with Crippen molar-refractivity contribution in [1.82, 2.24) is 24.5 Å². The fraction of sp³-hybridized carbons (Fsp3) is 0.208. The lowest BCUT2D eigenvalue weighted by molar-refractivity contribution is 0.314. The Morgan fingerprint density at radius 3 is 1.10 bits per heavy atom. The highest BCUT2D eigenvalue weighted by Gasteiger charge is 2.60. The Bertz CT molecular complexity index is 2790. The molecule has 0 bridgehead atoms. The van der Waals surface area contributed by atoms with E-state index < -0.39 is 0 Å². The lowest BCUT2D eigenvalue weighted by Crippen LogP contribution is -2.28. The SMILES string of the molecule is CC(C)(C)c1ccc(C2NC(c3cc(-n4c5ccccc5c5ccccc54)cc(-n4c5ccccc5c5ccccc54)c3)N3C(c4ccc(C(C)(C)C)cc4)N23)cc1. The molecule has 2 aromatic heterocycles. The van der Waals surface area contributed by atoms with Crippen molar-refractivity contribution in [3.05, 3.63) is 192 Å². The summed E-state index contributed by atoms with van der Waals surface area (Å²) in [4.78, 5) is 0. The second-order valence-electron chi connectivity index (χ2n) is 18.4. The van der Waals surface area contributed by atoms with E-state index in [9.17, 15) is 0 Å². The molecule has 5 unspecified atom stereocenters. The number of aromatic nitrogens is 2. The molecule has 11 rings (SSSR count). The van der Waals surface area contributed by atoms with Gasteiger partial charge < -0.3 is 9.13 Å². The van der Waals surface area contributed by atoms with Gasteiger partial charge in [0.2, 0.25) is 0 Å². The van der Waals surface area contributed by atoms with E-state index in [-0.39, 0.29) is 29.3 Å². The second kappa shape index (κ2) is 12.8. The third kappa shape index (κ3) is 5.49. The van der Waals surface area contributed by atoms with Crippen LogP contribution in [0.1, 0.15) is 87.9 Å². The first-order chi connectivity index (χ1) is 28.0. The van der Waals surface area contributed by atoms with E-state index in [0.717, 1.165) is 11.4 Å². The van der Waals surface area contributed by atoms with Crippen LogP contribution >= 0.6 is 0 Å². The van der Waals surface area contributed by atoms with E-state index in [1.165, 1.54) is 71.4 Å². The van der Waals surface area contributed by atoms with Crippen molar-refractivity contribution in [3.63, 3.8) is 0 Å². The molecule has 0 aliphatic carbocycles. The predicted molar refractivity (Wildman–Crippen MR) is 240 cm³/mol. The molecule has 2 aliphatic heterocycles. The Morgan fingerprint density at radius 1 is 0.379 bits per heavy atom. The van der Waals surface area contributed by atoms with Gasteiger partial charge in [-0.1, -0.05) is 163 Å². The summed E-state index contributed by atoms with van der Waals surface area (Å²) in [6.07, 6.45) is 0.0838. The van der Waals surface area contributed by atoms with Crippen molar-refractivity contribution in [2.45, 2.75) is 70.9 Å². The largest absolute Gasteiger partial charge is 0.309 e. The van der Waals surface area contributed by atoms with Crippen LogP contribution in [0.25, 0.3) is 55.0 Å². The lowest BCUT2D eigenvalue weighted by atomic mass is 9.86. The smallest absolute Gasteiger partial charge is 0.119 e. The molecule has 2 aliphatic rings. The molecular weight excluding hydrogens is 707 g/mol. The Kier molecular flexibility index (Phi) is 7.74. The summed E-state index contributed by atoms with van der Waals surface area (Å²) in [6, 6.07) is 61.2. The van der Waals surface area contributed by atoms with Crippen LogP contribution in [-0.2, 0) is 10.8 Å². The van der Waals surface area contributed by atoms with E-state index in [1.54, 1.807) is 0 Å². The lowest BCUT2D eigenvalue weighted by Gasteiger charge is -2.24. The minimum Gasteiger partial charge on any atom is -0.309 e. The van der Waals surface area contributed by atoms with Crippen LogP contribution in [-0.4, -0.2) is 19.2 Å². The van der Waals surface area contributed by atoms with Crippen molar-refractivity contribution in [1.29, 1.82) is 0 Å². The molecule has 0 amide bonds. The van der Waals surface area contributed by atoms with Gasteiger partial charge in [0.05, 0.1) is 22.1 Å². The number of benzene rings is 7. The van der Waals surface area contributed by atoms with Crippen LogP contribution < -0.4 is 5.32 Å². The van der Waals surface area contributed by atoms with Crippen molar-refractivity contribution >= 4 is 43.6 Å². The molecule has 0 radical (unpaired) electrons. The normalized spacial score (nSPS) is 20.7. The van der Waals surface area contributed by atoms with Crippen LogP contribution in [0, 0.1) is 0 Å². The highest BCUT2D eigenvalue weighted by atomic mass is 15.9. The summed E-state index contributed by atoms with van der Waals surface area (Å²) >= 11 is 0. The average molecular weight is 756 g/mol. The van der Waals surface area contributed by atoms with E-state index in [1.807, 2.05) is 0 Å². The number of para-hydroxylation sites is 4. The third-order valence-electron chi connectivity index (χ3n) is 12.6. The number of hydrazine groups is 1. The van der Waals surface area contributed by atoms with E-state index in [0.29, 0.717) is 0 Å². The minimum absolute atomic E-state index is 0.0138. The first-order valence-corrected chi connectivity index (χ1v) is 20.7. The zero-order valence-corrected chi connectivity index (χ0v) is 34.1. The summed E-state index contributed by atoms with van der Waals surface area (Å²) < 4.78 is 4.93. The molecule has 0 spiro atoms. The molecule has 5 atom stereocenters. The second-order valence-corrected chi connectivity index (χ2v) is 18.4. The number of nitrogens with zero attached hydrogens (tertiary/aromatic N) is 4. The molecule has 0 saturated carbocycles. The number of hydrogen-bond acceptors (Lipinski definition) is 3. The molecule has 1 N–H and O–H groups in total. The highest BCUT2D eigenvalue weighted by molar-refractivity contribution is 6.10. The maximum Gasteiger partial charge on any atom is 0.119 e. The number of hydrogen-bond donors (Lipinski definition) is 1. The predicted octanol–water partition coefficient (Wildman–Crippen LogP) is 13.0. The van der Waals surface area contributed by atoms with Gasteiger partial charge in [0.25, 0.3) is 0 Å². The molecule has 2 fully saturated rings. The summed E-state index contributed by atoms with van der Waals surface area (Å²) in [7, 11) is 0. The molecule has 5 nitrogen and oxygen atoms in total. The van der Waals surface area contributed by atoms with E-state index in [2.05, 4.69) is 230 Å². The Morgan fingerprint density at radius 2 is 0.724 bits per heavy atom. The molecule has 9 aromatic rings. The first-order valence-electron chi connectivity index (χ1n) is 20.7. The van der Waals surface area contributed by atoms with Crippen LogP contribution in [0.4, 0.5) is 0 Å². The van der Waals surface area contributed by atoms with Gasteiger partial charge in [0.15, 0.2) is 0 Å². The molecule has 4 heterocycles. The zero-order chi connectivity index (χ0) is 39.5. The van der Waals surface area contributed by atoms with Crippen LogP contribution in [0.2, 0.25) is 0 Å². The molecular formula is C53H49N5. The third-order valence-corrected chi connectivity index (χ3v) is 12.6. The topological polar surface area (TPSA) is 27.9 Å². The summed E-state index contributed by atoms with van der Waals surface area (Å²) in [6.45, 7) is 13.7. The van der Waals surface area contributed by atoms with Crippen molar-refractivity contribution in [2.24, 2.45) is 0 Å². The molecule has 286 valence electrons. The van der Waals surface area contributed by atoms with Crippen LogP contribution in [0.15, 0.2) is 164 Å². The van der Waals surface area contributed by atoms with E-state index in [4.69, 9.17) is 0 Å². The molecule has 7 aromatic carbocycles. The fourth-order valence-corrected chi connectivity index (χ4v) is 9.61. The van der Waals surface area contributed by atoms with Crippen molar-refractivity contribution < 1.29 is 0 Å². The van der Waals surface area contributed by atoms with Gasteiger partial charge in [-0.25, -0.2) is 0 Å². The summed E-state index contributed by atoms with van der Waals surface area (Å²) in [5.41, 5.74) is 13.8. The Labute approximate surface area is 340 Å². The average Bonchev–Trinajstić information content (AvgIpc) is 3.50. The van der Waals surface area contributed by atoms with Gasteiger partial charge in [-0.3, -0.25) is 5.32 Å². The highest BCUT2D eigenvalue weighted by Crippen LogP contribution is 2.57. The monoisotopic (exact) mass is 755 g/mol. The number of rotatable bonds is 5. The van der Waals surface area contributed by atoms with Crippen molar-refractivity contribution in [2.75, 3.05) is 0 Å². The maximum absolute atomic E-state index is 4.14. The van der Waals surface area contributed by atoms with E-state index >= 15 is 0 Å². The number of nitrogens with one attached hydrogen (secondary N) is 1. The van der Waals surface area contributed by atoms with Gasteiger partial charge in [0, 0.05) is 32.9 Å². The van der Waals surface area contributed by atoms with Gasteiger partial charge in [0.1, 0.15) is 18.5 Å². The fourth-order valence-electron chi connectivity index (χ4n) is 9.61. The molecule has 58 heavy (non-hydrogen) atoms. The zero-order valence-electron chi connectivity index (χ0n) is 34.1. The van der Waals surface area contributed by atoms with Crippen LogP contribution in [0.5, 0.6) is 0 Å². The quantitative estimate of drug-likeness (QED) is 0.177. The summed E-state index contributed by atoms with van der Waals surface area (Å²) in [5.74, 6) is 0. The van der Waals surface area contributed by atoms with Gasteiger partial charge >= 0.3 is 0 Å². The van der Waals surface area contributed by atoms with Gasteiger partial charge in [-0.2, -0.15) is 10.0 Å². The Balaban J connectivity index is 1.13. The standard InChI is InChI=1S/C53H49N5/c1-52(2,3)37-27-23-34(24-28-37)49-54-50(58-51(57(49)58)35-25-29-38(30-26-35)53(4,5)6)36-31-39(55-45-19-11-7-15-41(45)42-16-8-12-20-46(42)55)33-40(32-36)56-47-21-13-9-17-43(47)44-18-10-14-22-48(44)56/h7-33,49-51,54H,1-6H3. The van der Waals surface area contributed by atoms with Crippen LogP contribution in [0.3, 0.4) is 0 Å². The first kappa shape index (κ1) is 35.2. The number of fused-ring (bicyclic) bond motifs is 7. The molecule has 2 saturated heterocycles. The minimum atomic E-state index is -0.0699. The van der Waals surface area contributed by atoms with Crippen molar-refractivity contribution in [3.8, 4) is 11.4 Å². The van der Waals surface area contributed by atoms with Gasteiger partial charge in [-0.15, -0.1) is 0 Å². The Hall–Kier alpha value is -5.98. The van der Waals surface area contributed by atoms with Gasteiger partial charge in [-0.05, 0) is 81.1 Å². The summed E-state index contributed by atoms with van der Waals surface area (Å²) in [5, 5.41) is 14.3.